The van der Waals surface area contributed by atoms with E-state index in [0.717, 1.165) is 31.7 Å². The summed E-state index contributed by atoms with van der Waals surface area (Å²) >= 11 is 0. The van der Waals surface area contributed by atoms with Crippen LogP contribution >= 0.6 is 0 Å². The molecule has 0 spiro atoms. The van der Waals surface area contributed by atoms with Crippen LogP contribution in [0.5, 0.6) is 0 Å². The monoisotopic (exact) mass is 982 g/mol. The lowest BCUT2D eigenvalue weighted by molar-refractivity contribution is -0.157. The van der Waals surface area contributed by atoms with Crippen molar-refractivity contribution in [1.29, 1.82) is 0 Å². The van der Waals surface area contributed by atoms with Crippen molar-refractivity contribution in [2.24, 2.45) is 0 Å². The molecular weight excluding hydrogens is 951 g/mol. The number of nitrogens with zero attached hydrogens (tertiary/aromatic N) is 8. The standard InChI is InChI=1S/C42H32F10N8O7S/c43-28-10-11-31(60(39(61)57-13-16-68(63,64)17-14-57)20-23-6-8-24(9-7-23)35-53-55-37(66-35)41(47,48)49)34(46)33(28)32-22-58(12-15-65-32)40(62)59(26-4-2-1-3-5-26)21-27-29(44)18-25(19-30(27)45)36-54-56-38(67-36)42(50,51)52/h1-11,18-19,32H,12-17,20-22H2. The molecule has 8 rings (SSSR count). The lowest BCUT2D eigenvalue weighted by Gasteiger charge is -2.37. The molecule has 2 fully saturated rings. The number of amides is 4. The quantitative estimate of drug-likeness (QED) is 0.128. The zero-order valence-corrected chi connectivity index (χ0v) is 35.4. The number of para-hydroxylation sites is 1. The summed E-state index contributed by atoms with van der Waals surface area (Å²) in [6.07, 6.45) is -11.5. The number of hydrogen-bond donors (Lipinski definition) is 0. The first kappa shape index (κ1) is 47.4. The molecule has 4 aromatic carbocycles. The van der Waals surface area contributed by atoms with Gasteiger partial charge in [-0.15, -0.1) is 20.4 Å². The number of carbonyl (C=O) groups is 2. The maximum Gasteiger partial charge on any atom is 0.470 e. The predicted octanol–water partition coefficient (Wildman–Crippen LogP) is 8.44. The van der Waals surface area contributed by atoms with Crippen molar-refractivity contribution in [2.75, 3.05) is 54.1 Å². The van der Waals surface area contributed by atoms with Crippen LogP contribution in [0.4, 0.5) is 64.9 Å². The van der Waals surface area contributed by atoms with Gasteiger partial charge < -0.3 is 23.4 Å². The number of alkyl halides is 6. The van der Waals surface area contributed by atoms with Gasteiger partial charge in [0.2, 0.25) is 11.8 Å². The van der Waals surface area contributed by atoms with E-state index in [1.54, 1.807) is 6.07 Å². The van der Waals surface area contributed by atoms with Gasteiger partial charge in [0.15, 0.2) is 15.7 Å². The second-order valence-electron chi connectivity index (χ2n) is 15.2. The van der Waals surface area contributed by atoms with Crippen LogP contribution in [0.2, 0.25) is 0 Å². The summed E-state index contributed by atoms with van der Waals surface area (Å²) in [6.45, 7) is -2.83. The summed E-state index contributed by atoms with van der Waals surface area (Å²) in [5.41, 5.74) is -2.01. The molecule has 26 heteroatoms. The molecule has 2 aliphatic rings. The van der Waals surface area contributed by atoms with Gasteiger partial charge in [-0.25, -0.2) is 35.6 Å². The van der Waals surface area contributed by atoms with Crippen LogP contribution < -0.4 is 9.80 Å². The molecule has 6 aromatic rings. The zero-order valence-electron chi connectivity index (χ0n) is 34.6. The largest absolute Gasteiger partial charge is 0.470 e. The first-order valence-electron chi connectivity index (χ1n) is 20.0. The fourth-order valence-electron chi connectivity index (χ4n) is 7.32. The molecular formula is C42H32F10N8O7S. The molecule has 0 bridgehead atoms. The van der Waals surface area contributed by atoms with Gasteiger partial charge in [0, 0.05) is 42.0 Å². The number of urea groups is 2. The molecule has 0 aliphatic carbocycles. The van der Waals surface area contributed by atoms with Crippen molar-refractivity contribution in [1.82, 2.24) is 30.2 Å². The van der Waals surface area contributed by atoms with Crippen LogP contribution in [0.25, 0.3) is 22.9 Å². The van der Waals surface area contributed by atoms with Crippen molar-refractivity contribution in [3.63, 3.8) is 0 Å². The fourth-order valence-corrected chi connectivity index (χ4v) is 8.52. The third kappa shape index (κ3) is 10.1. The molecule has 1 atom stereocenters. The van der Waals surface area contributed by atoms with Gasteiger partial charge in [0.25, 0.3) is 0 Å². The Balaban J connectivity index is 1.07. The van der Waals surface area contributed by atoms with E-state index < -0.39 is 141 Å². The second-order valence-corrected chi connectivity index (χ2v) is 17.6. The first-order valence-corrected chi connectivity index (χ1v) is 21.9. The van der Waals surface area contributed by atoms with Gasteiger partial charge >= 0.3 is 36.2 Å². The number of aromatic nitrogens is 4. The average molecular weight is 983 g/mol. The lowest BCUT2D eigenvalue weighted by atomic mass is 10.0. The topological polar surface area (TPSA) is 168 Å². The smallest absolute Gasteiger partial charge is 0.413 e. The first-order chi connectivity index (χ1) is 32.2. The minimum absolute atomic E-state index is 0.0602. The third-order valence-electron chi connectivity index (χ3n) is 10.8. The van der Waals surface area contributed by atoms with Crippen LogP contribution in [0, 0.1) is 23.3 Å². The zero-order chi connectivity index (χ0) is 48.7. The van der Waals surface area contributed by atoms with Crippen LogP contribution in [-0.4, -0.2) is 95.0 Å². The van der Waals surface area contributed by atoms with Crippen LogP contribution in [0.3, 0.4) is 0 Å². The molecule has 0 radical (unpaired) electrons. The number of benzene rings is 4. The number of sulfone groups is 1. The predicted molar refractivity (Wildman–Crippen MR) is 216 cm³/mol. The molecule has 2 aromatic heterocycles. The normalized spacial score (nSPS) is 16.5. The number of halogens is 10. The van der Waals surface area contributed by atoms with Gasteiger partial charge in [-0.2, -0.15) is 26.3 Å². The molecule has 0 saturated carbocycles. The van der Waals surface area contributed by atoms with E-state index in [1.165, 1.54) is 48.5 Å². The van der Waals surface area contributed by atoms with Crippen LogP contribution in [0.15, 0.2) is 87.7 Å². The Labute approximate surface area is 377 Å². The Kier molecular flexibility index (Phi) is 12.9. The van der Waals surface area contributed by atoms with E-state index in [2.05, 4.69) is 24.8 Å². The molecule has 358 valence electrons. The number of ether oxygens (including phenoxy) is 1. The maximum atomic E-state index is 17.0. The molecule has 1 unspecified atom stereocenters. The molecule has 68 heavy (non-hydrogen) atoms. The number of morpholine rings is 1. The maximum absolute atomic E-state index is 17.0. The van der Waals surface area contributed by atoms with Gasteiger partial charge in [0.05, 0.1) is 49.0 Å². The number of carbonyl (C=O) groups excluding carboxylic acids is 2. The molecule has 4 heterocycles. The highest BCUT2D eigenvalue weighted by Crippen LogP contribution is 2.37. The minimum atomic E-state index is -5.03. The highest BCUT2D eigenvalue weighted by atomic mass is 32.2. The summed E-state index contributed by atoms with van der Waals surface area (Å²) in [5, 5.41) is 12.5. The highest BCUT2D eigenvalue weighted by molar-refractivity contribution is 7.91. The summed E-state index contributed by atoms with van der Waals surface area (Å²) < 4.78 is 182. The molecule has 15 nitrogen and oxygen atoms in total. The Morgan fingerprint density at radius 3 is 1.81 bits per heavy atom. The van der Waals surface area contributed by atoms with Crippen molar-refractivity contribution >= 4 is 33.3 Å². The van der Waals surface area contributed by atoms with Crippen molar-refractivity contribution < 1.29 is 75.5 Å². The average Bonchev–Trinajstić information content (AvgIpc) is 4.01. The Morgan fingerprint density at radius 2 is 1.24 bits per heavy atom. The number of anilines is 2. The van der Waals surface area contributed by atoms with Crippen molar-refractivity contribution in [3.8, 4) is 22.9 Å². The Morgan fingerprint density at radius 1 is 0.662 bits per heavy atom. The van der Waals surface area contributed by atoms with Crippen LogP contribution in [-0.2, 0) is 40.0 Å². The van der Waals surface area contributed by atoms with E-state index in [4.69, 9.17) is 9.15 Å². The van der Waals surface area contributed by atoms with Gasteiger partial charge in [-0.05, 0) is 54.1 Å². The number of hydrogen-bond acceptors (Lipinski definition) is 11. The number of rotatable bonds is 9. The summed E-state index contributed by atoms with van der Waals surface area (Å²) in [7, 11) is -3.50. The summed E-state index contributed by atoms with van der Waals surface area (Å²) in [5.74, 6) is -10.5. The van der Waals surface area contributed by atoms with E-state index in [1.807, 2.05) is 0 Å². The third-order valence-corrected chi connectivity index (χ3v) is 12.4. The van der Waals surface area contributed by atoms with Gasteiger partial charge in [-0.3, -0.25) is 9.80 Å². The highest BCUT2D eigenvalue weighted by Gasteiger charge is 2.40. The van der Waals surface area contributed by atoms with E-state index in [9.17, 15) is 44.3 Å². The molecule has 4 amide bonds. The minimum Gasteiger partial charge on any atom is -0.413 e. The Hall–Kier alpha value is -7.09. The Bertz CT molecular complexity index is 2920. The van der Waals surface area contributed by atoms with E-state index in [-0.39, 0.29) is 43.1 Å². The SMILES string of the molecule is O=C(N1CCOC(c2c(F)ccc(N(Cc3ccc(-c4nnc(C(F)(F)F)o4)cc3)C(=O)N3CCS(=O)(=O)CC3)c2F)C1)N(Cc1c(F)cc(-c2nnc(C(F)(F)F)o2)cc1F)c1ccccc1. The van der Waals surface area contributed by atoms with Crippen molar-refractivity contribution in [3.05, 3.63) is 131 Å². The van der Waals surface area contributed by atoms with E-state index in [0.29, 0.717) is 12.1 Å². The lowest BCUT2D eigenvalue weighted by Crippen LogP contribution is -2.50. The van der Waals surface area contributed by atoms with Crippen molar-refractivity contribution in [2.45, 2.75) is 31.5 Å². The summed E-state index contributed by atoms with van der Waals surface area (Å²) in [4.78, 5) is 32.6. The van der Waals surface area contributed by atoms with E-state index >= 15 is 17.6 Å². The molecule has 2 aliphatic heterocycles. The van der Waals surface area contributed by atoms with Gasteiger partial charge in [0.1, 0.15) is 23.6 Å². The summed E-state index contributed by atoms with van der Waals surface area (Å²) in [6, 6.07) is 14.1. The van der Waals surface area contributed by atoms with Crippen LogP contribution in [0.1, 0.15) is 34.6 Å². The molecule has 0 N–H and O–H groups in total. The second kappa shape index (κ2) is 18.5. The molecule has 2 saturated heterocycles. The fraction of sp³-hybridized carbons (Fsp3) is 0.286. The van der Waals surface area contributed by atoms with Gasteiger partial charge in [-0.1, -0.05) is 30.3 Å².